The van der Waals surface area contributed by atoms with E-state index >= 15 is 0 Å². The molecule has 1 saturated heterocycles. The molecule has 0 bridgehead atoms. The Morgan fingerprint density at radius 3 is 3.00 bits per heavy atom. The Morgan fingerprint density at radius 1 is 1.38 bits per heavy atom. The summed E-state index contributed by atoms with van der Waals surface area (Å²) < 4.78 is 5.53. The van der Waals surface area contributed by atoms with Gasteiger partial charge in [-0.25, -0.2) is 9.97 Å². The number of carbonyl (C=O) groups is 1. The van der Waals surface area contributed by atoms with Gasteiger partial charge in [-0.05, 0) is 31.4 Å². The van der Waals surface area contributed by atoms with Crippen LogP contribution in [0.5, 0.6) is 0 Å². The number of rotatable bonds is 3. The van der Waals surface area contributed by atoms with Crippen molar-refractivity contribution in [2.45, 2.75) is 37.5 Å². The first kappa shape index (κ1) is 15.8. The predicted molar refractivity (Wildman–Crippen MR) is 98.9 cm³/mol. The summed E-state index contributed by atoms with van der Waals surface area (Å²) in [7, 11) is 0. The van der Waals surface area contributed by atoms with Crippen LogP contribution in [-0.4, -0.2) is 35.6 Å². The van der Waals surface area contributed by atoms with Crippen LogP contribution in [0.25, 0.3) is 0 Å². The number of anilines is 3. The SMILES string of the molecule is CC(=O)Nc1cc2c(cn1)C1(CC1)CN2c1cccc(C2CCOC2)n1. The molecule has 4 heterocycles. The van der Waals surface area contributed by atoms with Gasteiger partial charge in [0.1, 0.15) is 11.6 Å². The summed E-state index contributed by atoms with van der Waals surface area (Å²) in [5.41, 5.74) is 3.72. The monoisotopic (exact) mass is 350 g/mol. The summed E-state index contributed by atoms with van der Waals surface area (Å²) in [5.74, 6) is 1.85. The molecule has 1 unspecified atom stereocenters. The number of fused-ring (bicyclic) bond motifs is 2. The van der Waals surface area contributed by atoms with Crippen molar-refractivity contribution >= 4 is 23.2 Å². The normalized spacial score (nSPS) is 22.5. The van der Waals surface area contributed by atoms with Crippen LogP contribution in [-0.2, 0) is 14.9 Å². The van der Waals surface area contributed by atoms with Crippen LogP contribution in [0.2, 0.25) is 0 Å². The fraction of sp³-hybridized carbons (Fsp3) is 0.450. The molecule has 6 nitrogen and oxygen atoms in total. The lowest BCUT2D eigenvalue weighted by atomic mass is 10.0. The van der Waals surface area contributed by atoms with Crippen LogP contribution in [0.1, 0.15) is 43.4 Å². The van der Waals surface area contributed by atoms with Gasteiger partial charge in [-0.2, -0.15) is 0 Å². The molecule has 2 aromatic rings. The van der Waals surface area contributed by atoms with Crippen molar-refractivity contribution in [2.24, 2.45) is 0 Å². The molecule has 1 spiro atoms. The number of hydrogen-bond donors (Lipinski definition) is 1. The summed E-state index contributed by atoms with van der Waals surface area (Å²) in [6.07, 6.45) is 5.34. The third-order valence-electron chi connectivity index (χ3n) is 5.74. The van der Waals surface area contributed by atoms with E-state index in [2.05, 4.69) is 33.4 Å². The summed E-state index contributed by atoms with van der Waals surface area (Å²) in [5, 5.41) is 2.80. The highest BCUT2D eigenvalue weighted by Crippen LogP contribution is 2.58. The van der Waals surface area contributed by atoms with Gasteiger partial charge in [0.15, 0.2) is 0 Å². The second-order valence-electron chi connectivity index (χ2n) is 7.62. The summed E-state index contributed by atoms with van der Waals surface area (Å²) in [4.78, 5) is 23.1. The zero-order chi connectivity index (χ0) is 17.7. The first-order chi connectivity index (χ1) is 12.6. The van der Waals surface area contributed by atoms with Crippen molar-refractivity contribution in [1.29, 1.82) is 0 Å². The molecule has 5 rings (SSSR count). The van der Waals surface area contributed by atoms with Crippen molar-refractivity contribution < 1.29 is 9.53 Å². The lowest BCUT2D eigenvalue weighted by molar-refractivity contribution is -0.114. The molecule has 1 amide bonds. The number of nitrogens with zero attached hydrogens (tertiary/aromatic N) is 3. The molecule has 1 N–H and O–H groups in total. The van der Waals surface area contributed by atoms with Crippen LogP contribution in [0, 0.1) is 0 Å². The maximum atomic E-state index is 11.4. The molecule has 26 heavy (non-hydrogen) atoms. The lowest BCUT2D eigenvalue weighted by Crippen LogP contribution is -2.20. The van der Waals surface area contributed by atoms with Gasteiger partial charge >= 0.3 is 0 Å². The Balaban J connectivity index is 1.53. The van der Waals surface area contributed by atoms with E-state index in [-0.39, 0.29) is 11.3 Å². The Labute approximate surface area is 152 Å². The average Bonchev–Trinajstić information content (AvgIpc) is 3.07. The number of pyridine rings is 2. The molecule has 2 aliphatic heterocycles. The largest absolute Gasteiger partial charge is 0.381 e. The zero-order valence-corrected chi connectivity index (χ0v) is 14.9. The third kappa shape index (κ3) is 2.56. The van der Waals surface area contributed by atoms with Crippen LogP contribution >= 0.6 is 0 Å². The van der Waals surface area contributed by atoms with E-state index in [4.69, 9.17) is 9.72 Å². The number of hydrogen-bond acceptors (Lipinski definition) is 5. The van der Waals surface area contributed by atoms with E-state index < -0.39 is 0 Å². The minimum absolute atomic E-state index is 0.107. The first-order valence-corrected chi connectivity index (χ1v) is 9.25. The standard InChI is InChI=1S/C20H22N4O2/c1-13(25)22-18-9-17-15(10-21-18)20(6-7-20)12-24(17)19-4-2-3-16(23-19)14-5-8-26-11-14/h2-4,9-10,14H,5-8,11-12H2,1H3,(H,21,22,25). The van der Waals surface area contributed by atoms with Crippen molar-refractivity contribution in [1.82, 2.24) is 9.97 Å². The van der Waals surface area contributed by atoms with Gasteiger partial charge in [0.05, 0.1) is 12.3 Å². The quantitative estimate of drug-likeness (QED) is 0.921. The highest BCUT2D eigenvalue weighted by molar-refractivity contribution is 5.89. The molecule has 1 atom stereocenters. The van der Waals surface area contributed by atoms with Crippen molar-refractivity contribution in [3.8, 4) is 0 Å². The predicted octanol–water partition coefficient (Wildman–Crippen LogP) is 3.12. The summed E-state index contributed by atoms with van der Waals surface area (Å²) >= 11 is 0. The maximum absolute atomic E-state index is 11.4. The van der Waals surface area contributed by atoms with Gasteiger partial charge < -0.3 is 15.0 Å². The van der Waals surface area contributed by atoms with Gasteiger partial charge in [0.25, 0.3) is 0 Å². The van der Waals surface area contributed by atoms with E-state index in [1.165, 1.54) is 25.3 Å². The molecular formula is C20H22N4O2. The van der Waals surface area contributed by atoms with E-state index in [0.717, 1.165) is 43.4 Å². The van der Waals surface area contributed by atoms with Gasteiger partial charge in [0.2, 0.25) is 5.91 Å². The van der Waals surface area contributed by atoms with Crippen LogP contribution in [0.4, 0.5) is 17.3 Å². The molecule has 0 radical (unpaired) electrons. The highest BCUT2D eigenvalue weighted by atomic mass is 16.5. The second-order valence-corrected chi connectivity index (χ2v) is 7.62. The van der Waals surface area contributed by atoms with Crippen LogP contribution < -0.4 is 10.2 Å². The van der Waals surface area contributed by atoms with E-state index in [1.807, 2.05) is 12.3 Å². The molecule has 2 fully saturated rings. The summed E-state index contributed by atoms with van der Waals surface area (Å²) in [6.45, 7) is 4.01. The van der Waals surface area contributed by atoms with Crippen LogP contribution in [0.3, 0.4) is 0 Å². The minimum Gasteiger partial charge on any atom is -0.381 e. The lowest BCUT2D eigenvalue weighted by Gasteiger charge is -2.21. The third-order valence-corrected chi connectivity index (χ3v) is 5.74. The molecule has 134 valence electrons. The van der Waals surface area contributed by atoms with E-state index in [9.17, 15) is 4.79 Å². The zero-order valence-electron chi connectivity index (χ0n) is 14.9. The van der Waals surface area contributed by atoms with Crippen molar-refractivity contribution in [3.05, 3.63) is 41.7 Å². The molecule has 1 aliphatic carbocycles. The Kier molecular flexibility index (Phi) is 3.50. The minimum atomic E-state index is -0.107. The number of aromatic nitrogens is 2. The van der Waals surface area contributed by atoms with Crippen molar-refractivity contribution in [3.63, 3.8) is 0 Å². The topological polar surface area (TPSA) is 67.4 Å². The highest BCUT2D eigenvalue weighted by Gasteiger charge is 2.52. The Bertz CT molecular complexity index is 872. The number of ether oxygens (including phenoxy) is 1. The fourth-order valence-corrected chi connectivity index (χ4v) is 4.17. The molecular weight excluding hydrogens is 328 g/mol. The average molecular weight is 350 g/mol. The Hall–Kier alpha value is -2.47. The maximum Gasteiger partial charge on any atom is 0.222 e. The van der Waals surface area contributed by atoms with Gasteiger partial charge in [0, 0.05) is 54.9 Å². The van der Waals surface area contributed by atoms with Crippen LogP contribution in [0.15, 0.2) is 30.5 Å². The number of carbonyl (C=O) groups excluding carboxylic acids is 1. The number of nitrogens with one attached hydrogen (secondary N) is 1. The van der Waals surface area contributed by atoms with Gasteiger partial charge in [-0.3, -0.25) is 4.79 Å². The van der Waals surface area contributed by atoms with E-state index in [1.54, 1.807) is 0 Å². The molecule has 2 aromatic heterocycles. The fourth-order valence-electron chi connectivity index (χ4n) is 4.17. The van der Waals surface area contributed by atoms with E-state index in [0.29, 0.717) is 11.7 Å². The second kappa shape index (κ2) is 5.77. The molecule has 6 heteroatoms. The molecule has 3 aliphatic rings. The number of amides is 1. The molecule has 1 saturated carbocycles. The first-order valence-electron chi connectivity index (χ1n) is 9.25. The van der Waals surface area contributed by atoms with Crippen molar-refractivity contribution in [2.75, 3.05) is 30.0 Å². The van der Waals surface area contributed by atoms with Gasteiger partial charge in [-0.1, -0.05) is 6.07 Å². The van der Waals surface area contributed by atoms with Gasteiger partial charge in [-0.15, -0.1) is 0 Å². The Morgan fingerprint density at radius 2 is 2.27 bits per heavy atom. The summed E-state index contributed by atoms with van der Waals surface area (Å²) in [6, 6.07) is 8.24. The smallest absolute Gasteiger partial charge is 0.222 e. The molecule has 0 aromatic carbocycles.